The molecule has 1 aromatic heterocycles. The summed E-state index contributed by atoms with van der Waals surface area (Å²) in [5.41, 5.74) is 0.610. The molecule has 3 N–H and O–H groups in total. The van der Waals surface area contributed by atoms with Crippen molar-refractivity contribution in [1.29, 1.82) is 0 Å². The van der Waals surface area contributed by atoms with Crippen molar-refractivity contribution in [2.45, 2.75) is 18.9 Å². The fourth-order valence-electron chi connectivity index (χ4n) is 1.31. The molecule has 1 aliphatic carbocycles. The van der Waals surface area contributed by atoms with Gasteiger partial charge in [-0.05, 0) is 25.0 Å². The van der Waals surface area contributed by atoms with Gasteiger partial charge in [-0.1, -0.05) is 0 Å². The van der Waals surface area contributed by atoms with Crippen molar-refractivity contribution in [3.63, 3.8) is 0 Å². The van der Waals surface area contributed by atoms with Crippen molar-refractivity contribution in [1.82, 2.24) is 10.3 Å². The molecule has 0 aliphatic heterocycles. The van der Waals surface area contributed by atoms with Gasteiger partial charge in [-0.2, -0.15) is 0 Å². The fourth-order valence-corrected chi connectivity index (χ4v) is 1.31. The van der Waals surface area contributed by atoms with E-state index < -0.39 is 5.97 Å². The number of amides is 1. The summed E-state index contributed by atoms with van der Waals surface area (Å²) in [6.07, 6.45) is 3.51. The molecule has 2 rings (SSSR count). The van der Waals surface area contributed by atoms with Gasteiger partial charge in [0.1, 0.15) is 5.69 Å². The van der Waals surface area contributed by atoms with Crippen molar-refractivity contribution in [2.75, 3.05) is 11.9 Å². The lowest BCUT2D eigenvalue weighted by Crippen LogP contribution is -2.31. The van der Waals surface area contributed by atoms with Crippen molar-refractivity contribution >= 4 is 17.6 Å². The predicted molar refractivity (Wildman–Crippen MR) is 60.9 cm³/mol. The highest BCUT2D eigenvalue weighted by atomic mass is 16.4. The molecule has 0 spiro atoms. The molecular formula is C11H13N3O3. The Kier molecular flexibility index (Phi) is 3.22. The lowest BCUT2D eigenvalue weighted by atomic mass is 10.3. The highest BCUT2D eigenvalue weighted by Gasteiger charge is 2.22. The van der Waals surface area contributed by atoms with Gasteiger partial charge in [0.05, 0.1) is 18.4 Å². The molecule has 17 heavy (non-hydrogen) atoms. The van der Waals surface area contributed by atoms with E-state index >= 15 is 0 Å². The van der Waals surface area contributed by atoms with Crippen LogP contribution in [0.15, 0.2) is 18.3 Å². The Bertz CT molecular complexity index is 426. The number of carbonyl (C=O) groups is 2. The van der Waals surface area contributed by atoms with Gasteiger partial charge in [-0.25, -0.2) is 9.78 Å². The first-order valence-corrected chi connectivity index (χ1v) is 5.38. The second-order valence-electron chi connectivity index (χ2n) is 3.93. The van der Waals surface area contributed by atoms with Crippen LogP contribution in [0.2, 0.25) is 0 Å². The van der Waals surface area contributed by atoms with Gasteiger partial charge in [0.25, 0.3) is 0 Å². The van der Waals surface area contributed by atoms with Crippen LogP contribution < -0.4 is 10.6 Å². The summed E-state index contributed by atoms with van der Waals surface area (Å²) < 4.78 is 0. The van der Waals surface area contributed by atoms with E-state index in [1.807, 2.05) is 0 Å². The second-order valence-corrected chi connectivity index (χ2v) is 3.93. The van der Waals surface area contributed by atoms with Crippen LogP contribution in [0.1, 0.15) is 23.3 Å². The van der Waals surface area contributed by atoms with Crippen molar-refractivity contribution in [3.05, 3.63) is 24.0 Å². The minimum Gasteiger partial charge on any atom is -0.477 e. The predicted octanol–water partition coefficient (Wildman–Crippen LogP) is 0.470. The highest BCUT2D eigenvalue weighted by Crippen LogP contribution is 2.18. The second kappa shape index (κ2) is 4.82. The molecule has 0 unspecified atom stereocenters. The van der Waals surface area contributed by atoms with Gasteiger partial charge in [-0.15, -0.1) is 0 Å². The van der Waals surface area contributed by atoms with Gasteiger partial charge in [0.2, 0.25) is 5.91 Å². The summed E-state index contributed by atoms with van der Waals surface area (Å²) in [4.78, 5) is 25.6. The molecule has 1 aromatic rings. The minimum atomic E-state index is -1.07. The van der Waals surface area contributed by atoms with Gasteiger partial charge < -0.3 is 15.7 Å². The van der Waals surface area contributed by atoms with Crippen molar-refractivity contribution in [3.8, 4) is 0 Å². The quantitative estimate of drug-likeness (QED) is 0.690. The van der Waals surface area contributed by atoms with Crippen molar-refractivity contribution < 1.29 is 14.7 Å². The van der Waals surface area contributed by atoms with Crippen LogP contribution in [-0.4, -0.2) is 34.6 Å². The average molecular weight is 235 g/mol. The number of rotatable bonds is 5. The van der Waals surface area contributed by atoms with E-state index in [-0.39, 0.29) is 18.1 Å². The van der Waals surface area contributed by atoms with E-state index in [2.05, 4.69) is 15.6 Å². The van der Waals surface area contributed by atoms with E-state index in [9.17, 15) is 9.59 Å². The van der Waals surface area contributed by atoms with Gasteiger partial charge in [-0.3, -0.25) is 4.79 Å². The van der Waals surface area contributed by atoms with E-state index in [1.54, 1.807) is 6.07 Å². The normalized spacial score (nSPS) is 14.1. The molecular weight excluding hydrogens is 222 g/mol. The number of hydrogen-bond donors (Lipinski definition) is 3. The molecule has 0 atom stereocenters. The number of carbonyl (C=O) groups excluding carboxylic acids is 1. The summed E-state index contributed by atoms with van der Waals surface area (Å²) >= 11 is 0. The summed E-state index contributed by atoms with van der Waals surface area (Å²) in [6, 6.07) is 3.32. The van der Waals surface area contributed by atoms with E-state index in [1.165, 1.54) is 12.3 Å². The molecule has 1 fully saturated rings. The molecule has 1 amide bonds. The van der Waals surface area contributed by atoms with Crippen LogP contribution in [0, 0.1) is 0 Å². The summed E-state index contributed by atoms with van der Waals surface area (Å²) in [5, 5.41) is 14.4. The average Bonchev–Trinajstić information content (AvgIpc) is 3.11. The Morgan fingerprint density at radius 2 is 2.18 bits per heavy atom. The lowest BCUT2D eigenvalue weighted by Gasteiger charge is -2.06. The van der Waals surface area contributed by atoms with Gasteiger partial charge in [0.15, 0.2) is 0 Å². The maximum Gasteiger partial charge on any atom is 0.354 e. The number of nitrogens with zero attached hydrogens (tertiary/aromatic N) is 1. The molecule has 1 heterocycles. The lowest BCUT2D eigenvalue weighted by molar-refractivity contribution is -0.119. The third kappa shape index (κ3) is 3.44. The SMILES string of the molecule is O=C(CNc1ccc(C(=O)O)nc1)NC1CC1. The third-order valence-electron chi connectivity index (χ3n) is 2.38. The molecule has 1 aliphatic rings. The zero-order valence-electron chi connectivity index (χ0n) is 9.14. The minimum absolute atomic E-state index is 0.0158. The summed E-state index contributed by atoms with van der Waals surface area (Å²) in [7, 11) is 0. The first-order chi connectivity index (χ1) is 8.15. The molecule has 1 saturated carbocycles. The van der Waals surface area contributed by atoms with Crippen LogP contribution in [0.3, 0.4) is 0 Å². The Balaban J connectivity index is 1.81. The topological polar surface area (TPSA) is 91.3 Å². The molecule has 0 radical (unpaired) electrons. The molecule has 0 bridgehead atoms. The van der Waals surface area contributed by atoms with Crippen LogP contribution in [-0.2, 0) is 4.79 Å². The maximum atomic E-state index is 11.4. The summed E-state index contributed by atoms with van der Waals surface area (Å²) in [5.74, 6) is -1.13. The standard InChI is InChI=1S/C11H13N3O3/c15-10(14-7-1-2-7)6-12-8-3-4-9(11(16)17)13-5-8/h3-5,7,12H,1-2,6H2,(H,14,15)(H,16,17). The number of carboxylic acids is 1. The number of anilines is 1. The number of pyridine rings is 1. The van der Waals surface area contributed by atoms with Crippen LogP contribution in [0.5, 0.6) is 0 Å². The first-order valence-electron chi connectivity index (χ1n) is 5.38. The van der Waals surface area contributed by atoms with Gasteiger partial charge in [0, 0.05) is 6.04 Å². The van der Waals surface area contributed by atoms with Crippen LogP contribution in [0.25, 0.3) is 0 Å². The van der Waals surface area contributed by atoms with Crippen LogP contribution in [0.4, 0.5) is 5.69 Å². The first kappa shape index (κ1) is 11.4. The van der Waals surface area contributed by atoms with Gasteiger partial charge >= 0.3 is 5.97 Å². The summed E-state index contributed by atoms with van der Waals surface area (Å²) in [6.45, 7) is 0.171. The van der Waals surface area contributed by atoms with E-state index in [4.69, 9.17) is 5.11 Å². The number of aromatic carboxylic acids is 1. The van der Waals surface area contributed by atoms with E-state index in [0.717, 1.165) is 12.8 Å². The Morgan fingerprint density at radius 1 is 1.41 bits per heavy atom. The zero-order valence-corrected chi connectivity index (χ0v) is 9.14. The number of hydrogen-bond acceptors (Lipinski definition) is 4. The Morgan fingerprint density at radius 3 is 2.71 bits per heavy atom. The molecule has 6 heteroatoms. The number of nitrogens with one attached hydrogen (secondary N) is 2. The van der Waals surface area contributed by atoms with Crippen molar-refractivity contribution in [2.24, 2.45) is 0 Å². The molecule has 0 saturated heterocycles. The monoisotopic (exact) mass is 235 g/mol. The Hall–Kier alpha value is -2.11. The highest BCUT2D eigenvalue weighted by molar-refractivity contribution is 5.85. The number of carboxylic acid groups (broad SMARTS) is 1. The Labute approximate surface area is 98.1 Å². The fraction of sp³-hybridized carbons (Fsp3) is 0.364. The molecule has 90 valence electrons. The molecule has 6 nitrogen and oxygen atoms in total. The molecule has 0 aromatic carbocycles. The van der Waals surface area contributed by atoms with Crippen LogP contribution >= 0.6 is 0 Å². The zero-order chi connectivity index (χ0) is 12.3. The van der Waals surface area contributed by atoms with E-state index in [0.29, 0.717) is 11.7 Å². The largest absolute Gasteiger partial charge is 0.477 e. The maximum absolute atomic E-state index is 11.4. The number of aromatic nitrogens is 1. The smallest absolute Gasteiger partial charge is 0.354 e. The third-order valence-corrected chi connectivity index (χ3v) is 2.38.